The number of hydrogen-bond acceptors (Lipinski definition) is 2. The van der Waals surface area contributed by atoms with Gasteiger partial charge in [0.15, 0.2) is 0 Å². The molecule has 1 heterocycles. The highest BCUT2D eigenvalue weighted by Gasteiger charge is 2.37. The second-order valence-corrected chi connectivity index (χ2v) is 11.0. The zero-order chi connectivity index (χ0) is 21.7. The molecular weight excluding hydrogens is 487 g/mol. The Labute approximate surface area is 195 Å². The Morgan fingerprint density at radius 2 is 1.87 bits per heavy atom. The number of carbonyl (C=O) groups excluding carboxylic acids is 2. The molecule has 30 heavy (non-hydrogen) atoms. The zero-order valence-corrected chi connectivity index (χ0v) is 20.9. The lowest BCUT2D eigenvalue weighted by molar-refractivity contribution is -0.139. The van der Waals surface area contributed by atoms with Gasteiger partial charge in [-0.05, 0) is 103 Å². The standard InChI is InChI=1S/C15H26N2O2.C10H11I/c1-11(2)8-14-15(19)16-13(9-17(14)10-18)12-6-4-3-5-7-12;1-7-6-9(11)4-5-10(7)8-2-3-8/h10-14H,3-9H2,1-2H3,(H,16,19);4-6,8H,2-3H2,1H3. The fraction of sp³-hybridized carbons (Fsp3) is 0.680. The van der Waals surface area contributed by atoms with E-state index >= 15 is 0 Å². The smallest absolute Gasteiger partial charge is 0.243 e. The first kappa shape index (κ1) is 23.6. The van der Waals surface area contributed by atoms with Gasteiger partial charge in [0.05, 0.1) is 0 Å². The third kappa shape index (κ3) is 6.44. The van der Waals surface area contributed by atoms with Crippen LogP contribution in [0.3, 0.4) is 0 Å². The van der Waals surface area contributed by atoms with E-state index < -0.39 is 0 Å². The Bertz CT molecular complexity index is 726. The monoisotopic (exact) mass is 524 g/mol. The van der Waals surface area contributed by atoms with Crippen molar-refractivity contribution in [1.82, 2.24) is 10.2 Å². The summed E-state index contributed by atoms with van der Waals surface area (Å²) in [5.74, 6) is 1.92. The lowest BCUT2D eigenvalue weighted by atomic mass is 9.82. The van der Waals surface area contributed by atoms with E-state index in [0.717, 1.165) is 18.7 Å². The van der Waals surface area contributed by atoms with Gasteiger partial charge in [-0.3, -0.25) is 9.59 Å². The van der Waals surface area contributed by atoms with Gasteiger partial charge in [-0.25, -0.2) is 0 Å². The van der Waals surface area contributed by atoms with Crippen LogP contribution in [-0.2, 0) is 9.59 Å². The van der Waals surface area contributed by atoms with Gasteiger partial charge in [0, 0.05) is 16.2 Å². The average Bonchev–Trinajstić information content (AvgIpc) is 3.55. The first-order valence-electron chi connectivity index (χ1n) is 11.7. The van der Waals surface area contributed by atoms with Crippen LogP contribution in [0.2, 0.25) is 0 Å². The predicted octanol–water partition coefficient (Wildman–Crippen LogP) is 5.42. The van der Waals surface area contributed by atoms with Crippen molar-refractivity contribution in [3.63, 3.8) is 0 Å². The van der Waals surface area contributed by atoms with Gasteiger partial charge in [0.2, 0.25) is 12.3 Å². The Morgan fingerprint density at radius 3 is 2.43 bits per heavy atom. The molecule has 1 aromatic carbocycles. The molecule has 0 aromatic heterocycles. The molecule has 1 aliphatic heterocycles. The van der Waals surface area contributed by atoms with E-state index in [1.54, 1.807) is 10.5 Å². The van der Waals surface area contributed by atoms with E-state index in [0.29, 0.717) is 18.4 Å². The Balaban J connectivity index is 0.000000196. The molecule has 2 amide bonds. The Kier molecular flexibility index (Phi) is 8.61. The first-order chi connectivity index (χ1) is 14.4. The number of hydrogen-bond donors (Lipinski definition) is 1. The van der Waals surface area contributed by atoms with E-state index in [2.05, 4.69) is 66.9 Å². The van der Waals surface area contributed by atoms with Crippen LogP contribution < -0.4 is 5.32 Å². The van der Waals surface area contributed by atoms with Crippen LogP contribution in [0.5, 0.6) is 0 Å². The highest BCUT2D eigenvalue weighted by Crippen LogP contribution is 2.41. The molecule has 1 saturated heterocycles. The number of nitrogens with zero attached hydrogens (tertiary/aromatic N) is 1. The van der Waals surface area contributed by atoms with Crippen LogP contribution in [-0.4, -0.2) is 35.8 Å². The summed E-state index contributed by atoms with van der Waals surface area (Å²) < 4.78 is 1.35. The summed E-state index contributed by atoms with van der Waals surface area (Å²) in [4.78, 5) is 25.2. The van der Waals surface area contributed by atoms with Crippen LogP contribution in [0.25, 0.3) is 0 Å². The number of rotatable bonds is 5. The third-order valence-electron chi connectivity index (χ3n) is 6.74. The summed E-state index contributed by atoms with van der Waals surface area (Å²) in [6.07, 6.45) is 10.6. The predicted molar refractivity (Wildman–Crippen MR) is 130 cm³/mol. The van der Waals surface area contributed by atoms with Crippen molar-refractivity contribution in [2.45, 2.75) is 90.1 Å². The van der Waals surface area contributed by atoms with Crippen LogP contribution in [0.1, 0.15) is 82.3 Å². The minimum atomic E-state index is -0.266. The summed E-state index contributed by atoms with van der Waals surface area (Å²) in [7, 11) is 0. The second-order valence-electron chi connectivity index (χ2n) is 9.74. The number of nitrogens with one attached hydrogen (secondary N) is 1. The number of carbonyl (C=O) groups is 2. The lowest BCUT2D eigenvalue weighted by Crippen LogP contribution is -2.61. The van der Waals surface area contributed by atoms with Gasteiger partial charge in [0.1, 0.15) is 6.04 Å². The lowest BCUT2D eigenvalue weighted by Gasteiger charge is -2.42. The number of halogens is 1. The highest BCUT2D eigenvalue weighted by molar-refractivity contribution is 14.1. The number of piperazine rings is 1. The molecule has 2 aliphatic carbocycles. The molecule has 5 heteroatoms. The fourth-order valence-electron chi connectivity index (χ4n) is 4.93. The van der Waals surface area contributed by atoms with Gasteiger partial charge in [-0.2, -0.15) is 0 Å². The van der Waals surface area contributed by atoms with Gasteiger partial charge < -0.3 is 10.2 Å². The molecule has 166 valence electrons. The van der Waals surface area contributed by atoms with Crippen molar-refractivity contribution < 1.29 is 9.59 Å². The molecule has 3 fully saturated rings. The molecule has 0 radical (unpaired) electrons. The summed E-state index contributed by atoms with van der Waals surface area (Å²) >= 11 is 2.37. The fourth-order valence-corrected chi connectivity index (χ4v) is 5.58. The molecule has 2 unspecified atom stereocenters. The van der Waals surface area contributed by atoms with Crippen molar-refractivity contribution in [3.8, 4) is 0 Å². The van der Waals surface area contributed by atoms with Crippen LogP contribution in [0, 0.1) is 22.3 Å². The van der Waals surface area contributed by atoms with Gasteiger partial charge >= 0.3 is 0 Å². The molecule has 3 aliphatic rings. The third-order valence-corrected chi connectivity index (χ3v) is 7.41. The molecule has 4 nitrogen and oxygen atoms in total. The number of aryl methyl sites for hydroxylation is 1. The van der Waals surface area contributed by atoms with Crippen LogP contribution in [0.15, 0.2) is 18.2 Å². The van der Waals surface area contributed by atoms with Gasteiger partial charge in [-0.15, -0.1) is 0 Å². The molecule has 2 saturated carbocycles. The van der Waals surface area contributed by atoms with Crippen molar-refractivity contribution in [2.75, 3.05) is 6.54 Å². The van der Waals surface area contributed by atoms with Crippen LogP contribution >= 0.6 is 22.6 Å². The Morgan fingerprint density at radius 1 is 1.17 bits per heavy atom. The highest BCUT2D eigenvalue weighted by atomic mass is 127. The molecule has 1 N–H and O–H groups in total. The average molecular weight is 524 g/mol. The summed E-state index contributed by atoms with van der Waals surface area (Å²) in [5.41, 5.74) is 3.05. The molecule has 4 rings (SSSR count). The SMILES string of the molecule is CC(C)CC1C(=O)NC(C2CCCCC2)CN1C=O.Cc1cc(I)ccc1C1CC1. The summed E-state index contributed by atoms with van der Waals surface area (Å²) in [6, 6.07) is 6.67. The van der Waals surface area contributed by atoms with Crippen LogP contribution in [0.4, 0.5) is 0 Å². The van der Waals surface area contributed by atoms with E-state index in [1.165, 1.54) is 54.1 Å². The van der Waals surface area contributed by atoms with E-state index in [-0.39, 0.29) is 18.0 Å². The molecular formula is C25H37IN2O2. The number of benzene rings is 1. The maximum absolute atomic E-state index is 12.2. The quantitative estimate of drug-likeness (QED) is 0.414. The van der Waals surface area contributed by atoms with E-state index in [9.17, 15) is 9.59 Å². The topological polar surface area (TPSA) is 49.4 Å². The van der Waals surface area contributed by atoms with Crippen molar-refractivity contribution in [1.29, 1.82) is 0 Å². The number of amides is 2. The van der Waals surface area contributed by atoms with E-state index in [1.807, 2.05) is 0 Å². The first-order valence-corrected chi connectivity index (χ1v) is 12.7. The largest absolute Gasteiger partial charge is 0.350 e. The molecule has 1 aromatic rings. The minimum absolute atomic E-state index is 0.0441. The molecule has 2 atom stereocenters. The summed E-state index contributed by atoms with van der Waals surface area (Å²) in [6.45, 7) is 7.08. The summed E-state index contributed by atoms with van der Waals surface area (Å²) in [5, 5.41) is 3.17. The second kappa shape index (κ2) is 11.0. The van der Waals surface area contributed by atoms with Crippen molar-refractivity contribution >= 4 is 34.9 Å². The van der Waals surface area contributed by atoms with Crippen molar-refractivity contribution in [2.24, 2.45) is 11.8 Å². The van der Waals surface area contributed by atoms with Crippen molar-refractivity contribution in [3.05, 3.63) is 32.9 Å². The maximum atomic E-state index is 12.2. The zero-order valence-electron chi connectivity index (χ0n) is 18.7. The maximum Gasteiger partial charge on any atom is 0.243 e. The normalized spacial score (nSPS) is 24.8. The van der Waals surface area contributed by atoms with Gasteiger partial charge in [0.25, 0.3) is 0 Å². The Hall–Kier alpha value is -1.11. The molecule has 0 bridgehead atoms. The van der Waals surface area contributed by atoms with E-state index in [4.69, 9.17) is 0 Å². The molecule has 0 spiro atoms. The van der Waals surface area contributed by atoms with Gasteiger partial charge in [-0.1, -0.05) is 39.2 Å². The minimum Gasteiger partial charge on any atom is -0.350 e.